The number of halogens is 3. The number of alkyl halides is 3. The van der Waals surface area contributed by atoms with Crippen molar-refractivity contribution < 1.29 is 27.6 Å². The Kier molecular flexibility index (Phi) is 9.21. The van der Waals surface area contributed by atoms with E-state index < -0.39 is 35.6 Å². The number of nitrogens with zero attached hydrogens (tertiary/aromatic N) is 2. The minimum absolute atomic E-state index is 0.00879. The normalized spacial score (nSPS) is 18.6. The van der Waals surface area contributed by atoms with Crippen LogP contribution in [0.2, 0.25) is 0 Å². The Hall–Kier alpha value is -4.07. The molecule has 0 saturated carbocycles. The van der Waals surface area contributed by atoms with Gasteiger partial charge in [-0.2, -0.15) is 13.2 Å². The molecule has 1 aliphatic heterocycles. The molecule has 3 aromatic rings. The number of rotatable bonds is 9. The quantitative estimate of drug-likeness (QED) is 0.259. The molecule has 3 amide bonds. The first kappa shape index (κ1) is 29.9. The third-order valence-electron chi connectivity index (χ3n) is 6.98. The van der Waals surface area contributed by atoms with Crippen molar-refractivity contribution in [2.45, 2.75) is 49.6 Å². The van der Waals surface area contributed by atoms with Gasteiger partial charge in [0.25, 0.3) is 0 Å². The molecular weight excluding hydrogens is 539 g/mol. The number of para-hydroxylation sites is 1. The first-order valence-electron chi connectivity index (χ1n) is 13.1. The van der Waals surface area contributed by atoms with Gasteiger partial charge in [-0.15, -0.1) is 0 Å². The Balaban J connectivity index is 1.44. The third kappa shape index (κ3) is 7.78. The largest absolute Gasteiger partial charge is 0.416 e. The van der Waals surface area contributed by atoms with Crippen LogP contribution in [0.15, 0.2) is 60.8 Å². The molecule has 0 aliphatic carbocycles. The number of anilines is 1. The number of amides is 3. The van der Waals surface area contributed by atoms with Gasteiger partial charge in [0.05, 0.1) is 29.0 Å². The zero-order chi connectivity index (χ0) is 29.7. The predicted octanol–water partition coefficient (Wildman–Crippen LogP) is 1.52. The molecule has 41 heavy (non-hydrogen) atoms. The van der Waals surface area contributed by atoms with Crippen molar-refractivity contribution in [3.05, 3.63) is 71.9 Å². The summed E-state index contributed by atoms with van der Waals surface area (Å²) in [4.78, 5) is 44.6. The van der Waals surface area contributed by atoms with E-state index in [1.165, 1.54) is 23.2 Å². The summed E-state index contributed by atoms with van der Waals surface area (Å²) in [5.74, 6) is -1.53. The highest BCUT2D eigenvalue weighted by Gasteiger charge is 2.32. The van der Waals surface area contributed by atoms with Crippen molar-refractivity contribution in [2.24, 2.45) is 17.2 Å². The van der Waals surface area contributed by atoms with Gasteiger partial charge >= 0.3 is 6.18 Å². The summed E-state index contributed by atoms with van der Waals surface area (Å²) in [6, 6.07) is 10.4. The van der Waals surface area contributed by atoms with E-state index in [1.54, 1.807) is 6.07 Å². The van der Waals surface area contributed by atoms with Gasteiger partial charge in [0.15, 0.2) is 0 Å². The van der Waals surface area contributed by atoms with Crippen LogP contribution in [-0.2, 0) is 27.0 Å². The van der Waals surface area contributed by atoms with Crippen LogP contribution in [0.5, 0.6) is 0 Å². The monoisotopic (exact) mass is 571 g/mol. The van der Waals surface area contributed by atoms with Gasteiger partial charge in [-0.3, -0.25) is 19.4 Å². The summed E-state index contributed by atoms with van der Waals surface area (Å²) < 4.78 is 39.0. The Labute approximate surface area is 234 Å². The molecule has 1 fully saturated rings. The van der Waals surface area contributed by atoms with Crippen LogP contribution in [0, 0.1) is 0 Å². The fourth-order valence-electron chi connectivity index (χ4n) is 4.55. The highest BCUT2D eigenvalue weighted by Crippen LogP contribution is 2.29. The highest BCUT2D eigenvalue weighted by atomic mass is 19.4. The minimum atomic E-state index is -4.51. The summed E-state index contributed by atoms with van der Waals surface area (Å²) in [5.41, 5.74) is 18.4. The van der Waals surface area contributed by atoms with Crippen LogP contribution < -0.4 is 27.8 Å². The third-order valence-corrected chi connectivity index (χ3v) is 6.98. The number of pyridine rings is 1. The van der Waals surface area contributed by atoms with E-state index in [2.05, 4.69) is 15.6 Å². The summed E-state index contributed by atoms with van der Waals surface area (Å²) >= 11 is 0. The minimum Gasteiger partial charge on any atom is -0.343 e. The summed E-state index contributed by atoms with van der Waals surface area (Å²) in [7, 11) is 0. The molecule has 4 rings (SSSR count). The fraction of sp³-hybridized carbons (Fsp3) is 0.357. The number of likely N-dealkylation sites (tertiary alicyclic amines) is 1. The van der Waals surface area contributed by atoms with Crippen LogP contribution in [-0.4, -0.2) is 64.9 Å². The van der Waals surface area contributed by atoms with Crippen molar-refractivity contribution in [3.63, 3.8) is 0 Å². The number of carbonyl (C=O) groups excluding carboxylic acids is 3. The lowest BCUT2D eigenvalue weighted by atomic mass is 10.0. The summed E-state index contributed by atoms with van der Waals surface area (Å²) in [5, 5.41) is 6.08. The van der Waals surface area contributed by atoms with Gasteiger partial charge in [0, 0.05) is 43.4 Å². The molecular formula is C28H32F3N7O3. The number of hydrogen-bond donors (Lipinski definition) is 5. The lowest BCUT2D eigenvalue weighted by molar-refractivity contribution is -0.137. The average molecular weight is 572 g/mol. The second-order valence-corrected chi connectivity index (χ2v) is 10.1. The number of nitrogens with one attached hydrogen (secondary N) is 2. The lowest BCUT2D eigenvalue weighted by Gasteiger charge is -2.22. The van der Waals surface area contributed by atoms with Gasteiger partial charge < -0.3 is 32.7 Å². The van der Waals surface area contributed by atoms with Crippen LogP contribution in [0.3, 0.4) is 0 Å². The molecule has 2 heterocycles. The molecule has 13 heteroatoms. The Morgan fingerprint density at radius 2 is 1.66 bits per heavy atom. The fourth-order valence-corrected chi connectivity index (χ4v) is 4.55. The van der Waals surface area contributed by atoms with Gasteiger partial charge in [-0.05, 0) is 36.2 Å². The van der Waals surface area contributed by atoms with Crippen molar-refractivity contribution in [1.82, 2.24) is 15.2 Å². The van der Waals surface area contributed by atoms with Gasteiger partial charge in [-0.25, -0.2) is 0 Å². The molecule has 1 saturated heterocycles. The van der Waals surface area contributed by atoms with E-state index in [0.717, 1.165) is 23.0 Å². The Morgan fingerprint density at radius 1 is 1.00 bits per heavy atom. The molecule has 4 unspecified atom stereocenters. The van der Waals surface area contributed by atoms with E-state index in [0.29, 0.717) is 24.3 Å². The van der Waals surface area contributed by atoms with E-state index in [-0.39, 0.29) is 37.3 Å². The molecule has 8 N–H and O–H groups in total. The Morgan fingerprint density at radius 3 is 2.32 bits per heavy atom. The lowest BCUT2D eigenvalue weighted by Crippen LogP contribution is -2.51. The second-order valence-electron chi connectivity index (χ2n) is 10.1. The maximum atomic E-state index is 13.3. The van der Waals surface area contributed by atoms with Crippen LogP contribution in [0.1, 0.15) is 24.0 Å². The topological polar surface area (TPSA) is 169 Å². The molecule has 1 aromatic heterocycles. The second kappa shape index (κ2) is 12.6. The smallest absolute Gasteiger partial charge is 0.343 e. The number of carbonyl (C=O) groups is 3. The standard InChI is InChI=1S/C28H32F3N7O3/c29-28(30,31)18-7-5-16(6-8-18)11-24(27(41)36-19-12-17-3-1-2-4-23(17)35-13-19)37-26(40)20(32)9-10-25(39)38-14-21(33)22(34)15-38/h1-8,12-13,20-22,24H,9-11,14-15,32-34H2,(H,36,41)(H,37,40). The maximum Gasteiger partial charge on any atom is 0.416 e. The number of benzene rings is 2. The van der Waals surface area contributed by atoms with Crippen LogP contribution in [0.4, 0.5) is 18.9 Å². The van der Waals surface area contributed by atoms with Crippen LogP contribution in [0.25, 0.3) is 10.9 Å². The average Bonchev–Trinajstić information content (AvgIpc) is 3.28. The predicted molar refractivity (Wildman–Crippen MR) is 147 cm³/mol. The van der Waals surface area contributed by atoms with E-state index in [1.807, 2.05) is 24.3 Å². The molecule has 218 valence electrons. The van der Waals surface area contributed by atoms with Crippen molar-refractivity contribution in [1.29, 1.82) is 0 Å². The molecule has 0 spiro atoms. The molecule has 1 aliphatic rings. The van der Waals surface area contributed by atoms with Gasteiger partial charge in [-0.1, -0.05) is 30.3 Å². The number of aromatic nitrogens is 1. The molecule has 0 radical (unpaired) electrons. The van der Waals surface area contributed by atoms with E-state index >= 15 is 0 Å². The van der Waals surface area contributed by atoms with E-state index in [4.69, 9.17) is 17.2 Å². The Bertz CT molecular complexity index is 1390. The number of nitrogens with two attached hydrogens (primary N) is 3. The maximum absolute atomic E-state index is 13.3. The van der Waals surface area contributed by atoms with Gasteiger partial charge in [0.2, 0.25) is 17.7 Å². The highest BCUT2D eigenvalue weighted by molar-refractivity contribution is 5.99. The van der Waals surface area contributed by atoms with Crippen molar-refractivity contribution in [2.75, 3.05) is 18.4 Å². The van der Waals surface area contributed by atoms with Gasteiger partial charge in [0.1, 0.15) is 6.04 Å². The molecule has 4 atom stereocenters. The molecule has 2 aromatic carbocycles. The van der Waals surface area contributed by atoms with Crippen molar-refractivity contribution in [3.8, 4) is 0 Å². The zero-order valence-corrected chi connectivity index (χ0v) is 22.1. The van der Waals surface area contributed by atoms with Crippen molar-refractivity contribution >= 4 is 34.3 Å². The number of fused-ring (bicyclic) bond motifs is 1. The van der Waals surface area contributed by atoms with E-state index in [9.17, 15) is 27.6 Å². The summed E-state index contributed by atoms with van der Waals surface area (Å²) in [6.07, 6.45) is -3.17. The molecule has 10 nitrogen and oxygen atoms in total. The SMILES string of the molecule is NC(CCC(=O)N1CC(N)C(N)C1)C(=O)NC(Cc1ccc(C(F)(F)F)cc1)C(=O)Nc1cnc2ccccc2c1. The summed E-state index contributed by atoms with van der Waals surface area (Å²) in [6.45, 7) is 0.640. The number of hydrogen-bond acceptors (Lipinski definition) is 7. The first-order chi connectivity index (χ1) is 19.4. The first-order valence-corrected chi connectivity index (χ1v) is 13.1. The van der Waals surface area contributed by atoms with Crippen LogP contribution >= 0.6 is 0 Å². The molecule has 0 bridgehead atoms. The zero-order valence-electron chi connectivity index (χ0n) is 22.1.